The van der Waals surface area contributed by atoms with E-state index in [0.29, 0.717) is 13.0 Å². The molecule has 1 atom stereocenters. The molecule has 18 heavy (non-hydrogen) atoms. The molecule has 98 valence electrons. The normalized spacial score (nSPS) is 14.8. The molecule has 6 heteroatoms. The number of hydrogen-bond donors (Lipinski definition) is 2. The number of aliphatic hydroxyl groups is 1. The summed E-state index contributed by atoms with van der Waals surface area (Å²) in [6, 6.07) is 5.83. The fourth-order valence-corrected chi connectivity index (χ4v) is 2.50. The SMILES string of the molecule is CC(O)(CN)CCCSc1nnc2ccccn12. The Balaban J connectivity index is 1.87. The lowest BCUT2D eigenvalue weighted by Crippen LogP contribution is -2.34. The molecule has 3 N–H and O–H groups in total. The molecule has 2 heterocycles. The molecular weight excluding hydrogens is 248 g/mol. The van der Waals surface area contributed by atoms with Crippen LogP contribution < -0.4 is 5.73 Å². The summed E-state index contributed by atoms with van der Waals surface area (Å²) in [6.45, 7) is 2.07. The van der Waals surface area contributed by atoms with Crippen molar-refractivity contribution in [1.29, 1.82) is 0 Å². The Hall–Kier alpha value is -1.11. The Morgan fingerprint density at radius 1 is 1.44 bits per heavy atom. The summed E-state index contributed by atoms with van der Waals surface area (Å²) in [6.07, 6.45) is 3.55. The van der Waals surface area contributed by atoms with Crippen LogP contribution in [0.15, 0.2) is 29.6 Å². The molecule has 0 aromatic carbocycles. The van der Waals surface area contributed by atoms with E-state index in [1.54, 1.807) is 18.7 Å². The van der Waals surface area contributed by atoms with Gasteiger partial charge in [-0.15, -0.1) is 10.2 Å². The van der Waals surface area contributed by atoms with Gasteiger partial charge < -0.3 is 10.8 Å². The smallest absolute Gasteiger partial charge is 0.195 e. The third-order valence-electron chi connectivity index (χ3n) is 2.81. The zero-order chi connectivity index (χ0) is 13.0. The minimum absolute atomic E-state index is 0.297. The highest BCUT2D eigenvalue weighted by atomic mass is 32.2. The number of nitrogens with zero attached hydrogens (tertiary/aromatic N) is 3. The maximum Gasteiger partial charge on any atom is 0.195 e. The number of pyridine rings is 1. The molecule has 0 saturated carbocycles. The van der Waals surface area contributed by atoms with E-state index in [9.17, 15) is 5.11 Å². The van der Waals surface area contributed by atoms with E-state index < -0.39 is 5.60 Å². The number of hydrogen-bond acceptors (Lipinski definition) is 5. The van der Waals surface area contributed by atoms with Crippen molar-refractivity contribution in [2.24, 2.45) is 5.73 Å². The van der Waals surface area contributed by atoms with Crippen LogP contribution in [-0.4, -0.2) is 37.6 Å². The van der Waals surface area contributed by atoms with Crippen molar-refractivity contribution in [3.05, 3.63) is 24.4 Å². The van der Waals surface area contributed by atoms with Gasteiger partial charge in [-0.1, -0.05) is 17.8 Å². The third-order valence-corrected chi connectivity index (χ3v) is 3.84. The first kappa shape index (κ1) is 13.3. The predicted octanol–water partition coefficient (Wildman–Crippen LogP) is 1.31. The number of aromatic nitrogens is 3. The highest BCUT2D eigenvalue weighted by molar-refractivity contribution is 7.99. The van der Waals surface area contributed by atoms with Crippen LogP contribution >= 0.6 is 11.8 Å². The van der Waals surface area contributed by atoms with E-state index in [4.69, 9.17) is 5.73 Å². The fraction of sp³-hybridized carbons (Fsp3) is 0.500. The van der Waals surface area contributed by atoms with Gasteiger partial charge in [-0.2, -0.15) is 0 Å². The van der Waals surface area contributed by atoms with E-state index in [-0.39, 0.29) is 0 Å². The van der Waals surface area contributed by atoms with Crippen LogP contribution in [-0.2, 0) is 0 Å². The van der Waals surface area contributed by atoms with E-state index in [0.717, 1.165) is 23.0 Å². The third kappa shape index (κ3) is 3.22. The van der Waals surface area contributed by atoms with Crippen molar-refractivity contribution in [3.63, 3.8) is 0 Å². The minimum Gasteiger partial charge on any atom is -0.389 e. The first-order valence-electron chi connectivity index (χ1n) is 5.97. The lowest BCUT2D eigenvalue weighted by atomic mass is 10.0. The van der Waals surface area contributed by atoms with Crippen molar-refractivity contribution >= 4 is 17.4 Å². The summed E-state index contributed by atoms with van der Waals surface area (Å²) >= 11 is 1.65. The van der Waals surface area contributed by atoms with E-state index >= 15 is 0 Å². The molecule has 0 aliphatic carbocycles. The second kappa shape index (κ2) is 5.69. The molecular formula is C12H18N4OS. The molecule has 2 aromatic heterocycles. The fourth-order valence-electron chi connectivity index (χ4n) is 1.64. The topological polar surface area (TPSA) is 76.4 Å². The van der Waals surface area contributed by atoms with Crippen molar-refractivity contribution in [2.45, 2.75) is 30.5 Å². The zero-order valence-corrected chi connectivity index (χ0v) is 11.2. The largest absolute Gasteiger partial charge is 0.389 e. The zero-order valence-electron chi connectivity index (χ0n) is 10.4. The van der Waals surface area contributed by atoms with Gasteiger partial charge in [0.15, 0.2) is 10.8 Å². The summed E-state index contributed by atoms with van der Waals surface area (Å²) in [5.74, 6) is 0.895. The number of thioether (sulfide) groups is 1. The molecule has 0 spiro atoms. The van der Waals surface area contributed by atoms with Gasteiger partial charge in [0.25, 0.3) is 0 Å². The second-order valence-electron chi connectivity index (χ2n) is 4.56. The van der Waals surface area contributed by atoms with E-state index in [2.05, 4.69) is 10.2 Å². The molecule has 0 amide bonds. The van der Waals surface area contributed by atoms with Gasteiger partial charge in [0.2, 0.25) is 0 Å². The quantitative estimate of drug-likeness (QED) is 0.609. The molecule has 1 unspecified atom stereocenters. The molecule has 2 rings (SSSR count). The van der Waals surface area contributed by atoms with Gasteiger partial charge in [0.05, 0.1) is 5.60 Å². The van der Waals surface area contributed by atoms with Gasteiger partial charge in [-0.3, -0.25) is 4.40 Å². The molecule has 0 aliphatic rings. The highest BCUT2D eigenvalue weighted by Crippen LogP contribution is 2.20. The molecule has 0 radical (unpaired) electrons. The molecule has 2 aromatic rings. The first-order chi connectivity index (χ1) is 8.62. The molecule has 0 saturated heterocycles. The molecule has 5 nitrogen and oxygen atoms in total. The Morgan fingerprint density at radius 3 is 3.06 bits per heavy atom. The van der Waals surface area contributed by atoms with Crippen LogP contribution in [0.5, 0.6) is 0 Å². The van der Waals surface area contributed by atoms with E-state index in [1.807, 2.05) is 28.8 Å². The maximum absolute atomic E-state index is 9.78. The van der Waals surface area contributed by atoms with Gasteiger partial charge in [0, 0.05) is 18.5 Å². The van der Waals surface area contributed by atoms with Gasteiger partial charge in [-0.25, -0.2) is 0 Å². The van der Waals surface area contributed by atoms with Crippen LogP contribution in [0.4, 0.5) is 0 Å². The van der Waals surface area contributed by atoms with Gasteiger partial charge in [0.1, 0.15) is 0 Å². The van der Waals surface area contributed by atoms with Crippen LogP contribution in [0, 0.1) is 0 Å². The monoisotopic (exact) mass is 266 g/mol. The van der Waals surface area contributed by atoms with Crippen LogP contribution in [0.1, 0.15) is 19.8 Å². The summed E-state index contributed by atoms with van der Waals surface area (Å²) in [5, 5.41) is 18.9. The first-order valence-corrected chi connectivity index (χ1v) is 6.96. The van der Waals surface area contributed by atoms with Gasteiger partial charge >= 0.3 is 0 Å². The van der Waals surface area contributed by atoms with Crippen molar-refractivity contribution < 1.29 is 5.11 Å². The Morgan fingerprint density at radius 2 is 2.28 bits per heavy atom. The summed E-state index contributed by atoms with van der Waals surface area (Å²) in [4.78, 5) is 0. The standard InChI is InChI=1S/C12H18N4OS/c1-12(17,9-13)6-4-8-18-11-15-14-10-5-2-3-7-16(10)11/h2-3,5,7,17H,4,6,8-9,13H2,1H3. The van der Waals surface area contributed by atoms with Crippen LogP contribution in [0.2, 0.25) is 0 Å². The number of nitrogens with two attached hydrogens (primary N) is 1. The number of fused-ring (bicyclic) bond motifs is 1. The summed E-state index contributed by atoms with van der Waals surface area (Å²) in [5.41, 5.74) is 5.57. The average molecular weight is 266 g/mol. The van der Waals surface area contributed by atoms with Crippen molar-refractivity contribution in [2.75, 3.05) is 12.3 Å². The lowest BCUT2D eigenvalue weighted by molar-refractivity contribution is 0.0596. The minimum atomic E-state index is -0.756. The highest BCUT2D eigenvalue weighted by Gasteiger charge is 2.17. The molecule has 0 fully saturated rings. The Labute approximate surface area is 110 Å². The Bertz CT molecular complexity index is 512. The summed E-state index contributed by atoms with van der Waals surface area (Å²) < 4.78 is 1.96. The van der Waals surface area contributed by atoms with E-state index in [1.165, 1.54) is 0 Å². The summed E-state index contributed by atoms with van der Waals surface area (Å²) in [7, 11) is 0. The number of rotatable bonds is 6. The van der Waals surface area contributed by atoms with Crippen molar-refractivity contribution in [3.8, 4) is 0 Å². The average Bonchev–Trinajstić information content (AvgIpc) is 2.78. The molecule has 0 aliphatic heterocycles. The maximum atomic E-state index is 9.78. The molecule has 0 bridgehead atoms. The Kier molecular flexibility index (Phi) is 4.21. The second-order valence-corrected chi connectivity index (χ2v) is 5.63. The van der Waals surface area contributed by atoms with Gasteiger partial charge in [-0.05, 0) is 31.9 Å². The lowest BCUT2D eigenvalue weighted by Gasteiger charge is -2.20. The predicted molar refractivity (Wildman–Crippen MR) is 72.6 cm³/mol. The van der Waals surface area contributed by atoms with Crippen molar-refractivity contribution in [1.82, 2.24) is 14.6 Å². The van der Waals surface area contributed by atoms with Crippen LogP contribution in [0.3, 0.4) is 0 Å². The van der Waals surface area contributed by atoms with Crippen LogP contribution in [0.25, 0.3) is 5.65 Å².